The predicted molar refractivity (Wildman–Crippen MR) is 103 cm³/mol. The van der Waals surface area contributed by atoms with Crippen molar-refractivity contribution in [3.05, 3.63) is 60.0 Å². The molecule has 1 aromatic carbocycles. The van der Waals surface area contributed by atoms with E-state index in [2.05, 4.69) is 38.9 Å². The van der Waals surface area contributed by atoms with E-state index in [9.17, 15) is 0 Å². The van der Waals surface area contributed by atoms with Crippen molar-refractivity contribution in [2.75, 3.05) is 13.1 Å². The fourth-order valence-corrected chi connectivity index (χ4v) is 3.42. The van der Waals surface area contributed by atoms with E-state index in [1.54, 1.807) is 0 Å². The Balaban J connectivity index is 1.32. The summed E-state index contributed by atoms with van der Waals surface area (Å²) in [6.45, 7) is 7.09. The van der Waals surface area contributed by atoms with Crippen molar-refractivity contribution in [1.29, 1.82) is 0 Å². The number of hydrogen-bond donors (Lipinski definition) is 0. The molecule has 6 heteroatoms. The molecule has 1 saturated heterocycles. The summed E-state index contributed by atoms with van der Waals surface area (Å²) >= 11 is 0. The average molecular weight is 363 g/mol. The van der Waals surface area contributed by atoms with Gasteiger partial charge in [0.05, 0.1) is 0 Å². The molecule has 0 aliphatic carbocycles. The van der Waals surface area contributed by atoms with E-state index in [4.69, 9.17) is 4.52 Å². The van der Waals surface area contributed by atoms with Crippen molar-refractivity contribution in [3.63, 3.8) is 0 Å². The first-order valence-corrected chi connectivity index (χ1v) is 9.61. The molecule has 3 heterocycles. The lowest BCUT2D eigenvalue weighted by molar-refractivity contribution is 0.187. The van der Waals surface area contributed by atoms with Crippen LogP contribution < -0.4 is 0 Å². The van der Waals surface area contributed by atoms with Gasteiger partial charge in [0.25, 0.3) is 0 Å². The quantitative estimate of drug-likeness (QED) is 0.682. The zero-order chi connectivity index (χ0) is 18.6. The van der Waals surface area contributed by atoms with E-state index in [0.717, 1.165) is 61.1 Å². The van der Waals surface area contributed by atoms with Crippen molar-refractivity contribution < 1.29 is 4.52 Å². The van der Waals surface area contributed by atoms with Crippen LogP contribution in [0.25, 0.3) is 11.4 Å². The molecule has 0 atom stereocenters. The van der Waals surface area contributed by atoms with Gasteiger partial charge in [0.2, 0.25) is 5.89 Å². The van der Waals surface area contributed by atoms with Gasteiger partial charge in [-0.2, -0.15) is 4.98 Å². The largest absolute Gasteiger partial charge is 0.339 e. The first-order chi connectivity index (χ1) is 13.2. The van der Waals surface area contributed by atoms with Gasteiger partial charge in [0, 0.05) is 41.9 Å². The van der Waals surface area contributed by atoms with Gasteiger partial charge in [0.1, 0.15) is 0 Å². The second kappa shape index (κ2) is 7.96. The van der Waals surface area contributed by atoms with Gasteiger partial charge in [-0.1, -0.05) is 49.3 Å². The molecule has 0 amide bonds. The first kappa shape index (κ1) is 17.8. The molecule has 0 bridgehead atoms. The fourth-order valence-electron chi connectivity index (χ4n) is 3.42. The minimum atomic E-state index is 0.307. The van der Waals surface area contributed by atoms with Crippen LogP contribution in [0.5, 0.6) is 0 Å². The summed E-state index contributed by atoms with van der Waals surface area (Å²) in [7, 11) is 0. The van der Waals surface area contributed by atoms with Crippen LogP contribution in [-0.4, -0.2) is 38.1 Å². The van der Waals surface area contributed by atoms with Crippen LogP contribution in [0.1, 0.15) is 55.8 Å². The molecule has 27 heavy (non-hydrogen) atoms. The molecular weight excluding hydrogens is 338 g/mol. The summed E-state index contributed by atoms with van der Waals surface area (Å²) < 4.78 is 5.47. The summed E-state index contributed by atoms with van der Waals surface area (Å²) in [6, 6.07) is 10.1. The number of likely N-dealkylation sites (tertiary alicyclic amines) is 1. The zero-order valence-electron chi connectivity index (χ0n) is 15.9. The lowest BCUT2D eigenvalue weighted by Crippen LogP contribution is -2.32. The fraction of sp³-hybridized carbons (Fsp3) is 0.429. The van der Waals surface area contributed by atoms with Crippen molar-refractivity contribution in [1.82, 2.24) is 25.0 Å². The Morgan fingerprint density at radius 1 is 1.07 bits per heavy atom. The molecule has 0 N–H and O–H groups in total. The topological polar surface area (TPSA) is 67.9 Å². The molecule has 0 saturated carbocycles. The molecule has 0 unspecified atom stereocenters. The van der Waals surface area contributed by atoms with Crippen LogP contribution in [-0.2, 0) is 6.54 Å². The van der Waals surface area contributed by atoms with Crippen molar-refractivity contribution >= 4 is 0 Å². The van der Waals surface area contributed by atoms with Crippen LogP contribution in [0.4, 0.5) is 0 Å². The second-order valence-corrected chi connectivity index (χ2v) is 7.48. The molecule has 1 aliphatic heterocycles. The molecule has 3 aromatic rings. The third-order valence-electron chi connectivity index (χ3n) is 5.05. The predicted octanol–water partition coefficient (Wildman–Crippen LogP) is 4.03. The third kappa shape index (κ3) is 4.22. The first-order valence-electron chi connectivity index (χ1n) is 9.61. The minimum Gasteiger partial charge on any atom is -0.339 e. The summed E-state index contributed by atoms with van der Waals surface area (Å²) in [6.07, 6.45) is 5.97. The van der Waals surface area contributed by atoms with E-state index in [0.29, 0.717) is 11.8 Å². The van der Waals surface area contributed by atoms with E-state index >= 15 is 0 Å². The minimum absolute atomic E-state index is 0.307. The standard InChI is InChI=1S/C21H25N5O/c1-15(2)19-24-21(27-25-19)18-8-10-26(11-9-18)14-16-12-22-20(23-13-16)17-6-4-3-5-7-17/h3-7,12-13,15,18H,8-11,14H2,1-2H3. The van der Waals surface area contributed by atoms with Crippen LogP contribution in [0.3, 0.4) is 0 Å². The molecule has 140 valence electrons. The smallest absolute Gasteiger partial charge is 0.229 e. The van der Waals surface area contributed by atoms with Crippen LogP contribution in [0, 0.1) is 0 Å². The zero-order valence-corrected chi connectivity index (χ0v) is 15.9. The number of hydrogen-bond acceptors (Lipinski definition) is 6. The molecule has 6 nitrogen and oxygen atoms in total. The highest BCUT2D eigenvalue weighted by molar-refractivity contribution is 5.53. The number of benzene rings is 1. The van der Waals surface area contributed by atoms with Crippen LogP contribution in [0.15, 0.2) is 47.2 Å². The van der Waals surface area contributed by atoms with Crippen LogP contribution >= 0.6 is 0 Å². The Labute approximate surface area is 159 Å². The van der Waals surface area contributed by atoms with Crippen LogP contribution in [0.2, 0.25) is 0 Å². The summed E-state index contributed by atoms with van der Waals surface area (Å²) in [5, 5.41) is 4.09. The van der Waals surface area contributed by atoms with E-state index in [1.165, 1.54) is 0 Å². The normalized spacial score (nSPS) is 16.1. The van der Waals surface area contributed by atoms with Gasteiger partial charge in [-0.05, 0) is 25.9 Å². The number of aromatic nitrogens is 4. The van der Waals surface area contributed by atoms with E-state index < -0.39 is 0 Å². The lowest BCUT2D eigenvalue weighted by atomic mass is 9.96. The highest BCUT2D eigenvalue weighted by Gasteiger charge is 2.25. The summed E-state index contributed by atoms with van der Waals surface area (Å²) in [5.74, 6) is 3.06. The maximum atomic E-state index is 5.47. The second-order valence-electron chi connectivity index (χ2n) is 7.48. The van der Waals surface area contributed by atoms with E-state index in [-0.39, 0.29) is 0 Å². The molecule has 1 fully saturated rings. The number of rotatable bonds is 5. The molecule has 1 aliphatic rings. The molecule has 2 aromatic heterocycles. The lowest BCUT2D eigenvalue weighted by Gasteiger charge is -2.30. The Morgan fingerprint density at radius 2 is 1.78 bits per heavy atom. The highest BCUT2D eigenvalue weighted by atomic mass is 16.5. The van der Waals surface area contributed by atoms with Gasteiger partial charge < -0.3 is 4.52 Å². The molecule has 4 rings (SSSR count). The van der Waals surface area contributed by atoms with Crippen molar-refractivity contribution in [2.24, 2.45) is 0 Å². The van der Waals surface area contributed by atoms with E-state index in [1.807, 2.05) is 42.7 Å². The Morgan fingerprint density at radius 3 is 2.41 bits per heavy atom. The SMILES string of the molecule is CC(C)c1noc(C2CCN(Cc3cnc(-c4ccccc4)nc3)CC2)n1. The Hall–Kier alpha value is -2.60. The monoisotopic (exact) mass is 363 g/mol. The van der Waals surface area contributed by atoms with Gasteiger partial charge >= 0.3 is 0 Å². The number of piperidine rings is 1. The van der Waals surface area contributed by atoms with Gasteiger partial charge in [-0.3, -0.25) is 4.90 Å². The Kier molecular flexibility index (Phi) is 5.25. The molecular formula is C21H25N5O. The molecule has 0 spiro atoms. The highest BCUT2D eigenvalue weighted by Crippen LogP contribution is 2.28. The maximum absolute atomic E-state index is 5.47. The van der Waals surface area contributed by atoms with Gasteiger partial charge in [-0.25, -0.2) is 9.97 Å². The van der Waals surface area contributed by atoms with Crippen molar-refractivity contribution in [2.45, 2.75) is 45.1 Å². The summed E-state index contributed by atoms with van der Waals surface area (Å²) in [4.78, 5) is 16.1. The Bertz CT molecular complexity index is 852. The van der Waals surface area contributed by atoms with Gasteiger partial charge in [0.15, 0.2) is 11.6 Å². The average Bonchev–Trinajstić information content (AvgIpc) is 3.20. The van der Waals surface area contributed by atoms with Crippen molar-refractivity contribution in [3.8, 4) is 11.4 Å². The van der Waals surface area contributed by atoms with Gasteiger partial charge in [-0.15, -0.1) is 0 Å². The maximum Gasteiger partial charge on any atom is 0.229 e. The molecule has 0 radical (unpaired) electrons. The number of nitrogens with zero attached hydrogens (tertiary/aromatic N) is 5. The third-order valence-corrected chi connectivity index (χ3v) is 5.05. The summed E-state index contributed by atoms with van der Waals surface area (Å²) in [5.41, 5.74) is 2.19.